The van der Waals surface area contributed by atoms with Gasteiger partial charge in [-0.25, -0.2) is 0 Å². The Hall–Kier alpha value is -2.82. The summed E-state index contributed by atoms with van der Waals surface area (Å²) in [7, 11) is 0. The van der Waals surface area contributed by atoms with E-state index in [1.165, 1.54) is 5.56 Å². The number of amides is 2. The number of para-hydroxylation sites is 2. The van der Waals surface area contributed by atoms with Gasteiger partial charge in [0.05, 0.1) is 5.69 Å². The fraction of sp³-hybridized carbons (Fsp3) is 0.440. The number of carbonyl (C=O) groups is 2. The monoisotopic (exact) mass is 406 g/mol. The number of hydrogen-bond acceptors (Lipinski definition) is 3. The second-order valence-electron chi connectivity index (χ2n) is 8.62. The highest BCUT2D eigenvalue weighted by atomic mass is 16.5. The Balaban J connectivity index is 1.43. The first-order chi connectivity index (χ1) is 14.4. The first-order valence-electron chi connectivity index (χ1n) is 10.9. The van der Waals surface area contributed by atoms with Gasteiger partial charge in [0.15, 0.2) is 6.10 Å². The van der Waals surface area contributed by atoms with Crippen LogP contribution in [-0.2, 0) is 16.1 Å². The van der Waals surface area contributed by atoms with Gasteiger partial charge < -0.3 is 14.5 Å². The molecule has 30 heavy (non-hydrogen) atoms. The highest BCUT2D eigenvalue weighted by Crippen LogP contribution is 2.34. The third-order valence-corrected chi connectivity index (χ3v) is 5.93. The summed E-state index contributed by atoms with van der Waals surface area (Å²) in [6.45, 7) is 7.12. The van der Waals surface area contributed by atoms with Crippen molar-refractivity contribution in [1.82, 2.24) is 4.90 Å². The maximum absolute atomic E-state index is 13.1. The summed E-state index contributed by atoms with van der Waals surface area (Å²) in [6, 6.07) is 16.4. The second-order valence-corrected chi connectivity index (χ2v) is 8.62. The number of anilines is 1. The molecule has 0 aromatic heterocycles. The van der Waals surface area contributed by atoms with Crippen molar-refractivity contribution in [3.63, 3.8) is 0 Å². The number of ether oxygens (including phenoxy) is 1. The molecule has 0 bridgehead atoms. The lowest BCUT2D eigenvalue weighted by molar-refractivity contribution is -0.132. The van der Waals surface area contributed by atoms with Crippen LogP contribution < -0.4 is 9.64 Å². The smallest absolute Gasteiger partial charge is 0.267 e. The van der Waals surface area contributed by atoms with Crippen LogP contribution in [0, 0.1) is 0 Å². The summed E-state index contributed by atoms with van der Waals surface area (Å²) < 4.78 is 5.70. The second kappa shape index (κ2) is 8.50. The van der Waals surface area contributed by atoms with E-state index in [1.807, 2.05) is 29.2 Å². The van der Waals surface area contributed by atoms with Crippen molar-refractivity contribution < 1.29 is 14.3 Å². The van der Waals surface area contributed by atoms with Gasteiger partial charge in [0.1, 0.15) is 5.75 Å². The topological polar surface area (TPSA) is 49.9 Å². The quantitative estimate of drug-likeness (QED) is 0.680. The molecule has 2 aromatic carbocycles. The molecule has 2 aromatic rings. The summed E-state index contributed by atoms with van der Waals surface area (Å²) in [5.41, 5.74) is 3.21. The van der Waals surface area contributed by atoms with E-state index in [1.54, 1.807) is 11.8 Å². The highest BCUT2D eigenvalue weighted by molar-refractivity contribution is 6.00. The van der Waals surface area contributed by atoms with Crippen LogP contribution in [0.2, 0.25) is 0 Å². The molecule has 1 fully saturated rings. The van der Waals surface area contributed by atoms with Crippen LogP contribution in [0.3, 0.4) is 0 Å². The molecule has 5 heteroatoms. The zero-order valence-corrected chi connectivity index (χ0v) is 18.0. The molecule has 0 radical (unpaired) electrons. The van der Waals surface area contributed by atoms with Crippen LogP contribution in [0.1, 0.15) is 57.1 Å². The van der Waals surface area contributed by atoms with E-state index in [9.17, 15) is 9.59 Å². The third-order valence-electron chi connectivity index (χ3n) is 5.93. The molecule has 158 valence electrons. The summed E-state index contributed by atoms with van der Waals surface area (Å²) in [5.74, 6) is 1.21. The summed E-state index contributed by atoms with van der Waals surface area (Å²) in [4.78, 5) is 29.5. The van der Waals surface area contributed by atoms with E-state index < -0.39 is 6.10 Å². The Kier molecular flexibility index (Phi) is 5.80. The predicted octanol–water partition coefficient (Wildman–Crippen LogP) is 4.51. The minimum Gasteiger partial charge on any atom is -0.479 e. The van der Waals surface area contributed by atoms with Gasteiger partial charge in [-0.15, -0.1) is 0 Å². The van der Waals surface area contributed by atoms with Crippen LogP contribution in [0.25, 0.3) is 0 Å². The zero-order chi connectivity index (χ0) is 21.3. The number of hydrogen-bond donors (Lipinski definition) is 0. The first-order valence-corrected chi connectivity index (χ1v) is 10.9. The lowest BCUT2D eigenvalue weighted by Gasteiger charge is -2.33. The molecule has 2 amide bonds. The Morgan fingerprint density at radius 3 is 2.50 bits per heavy atom. The van der Waals surface area contributed by atoms with Crippen molar-refractivity contribution in [3.8, 4) is 5.75 Å². The van der Waals surface area contributed by atoms with Gasteiger partial charge in [0.25, 0.3) is 5.91 Å². The van der Waals surface area contributed by atoms with E-state index in [2.05, 4.69) is 38.1 Å². The molecule has 1 unspecified atom stereocenters. The first kappa shape index (κ1) is 20.5. The van der Waals surface area contributed by atoms with Gasteiger partial charge in [0, 0.05) is 25.6 Å². The van der Waals surface area contributed by atoms with Crippen LogP contribution in [-0.4, -0.2) is 35.4 Å². The fourth-order valence-corrected chi connectivity index (χ4v) is 3.95. The molecule has 4 rings (SSSR count). The molecule has 1 atom stereocenters. The van der Waals surface area contributed by atoms with Crippen molar-refractivity contribution in [1.29, 1.82) is 0 Å². The third kappa shape index (κ3) is 4.35. The maximum Gasteiger partial charge on any atom is 0.267 e. The van der Waals surface area contributed by atoms with E-state index in [0.29, 0.717) is 37.2 Å². The van der Waals surface area contributed by atoms with E-state index in [-0.39, 0.29) is 11.8 Å². The Morgan fingerprint density at radius 1 is 1.13 bits per heavy atom. The lowest BCUT2D eigenvalue weighted by Crippen LogP contribution is -2.46. The lowest BCUT2D eigenvalue weighted by atomic mass is 10.0. The van der Waals surface area contributed by atoms with Gasteiger partial charge in [-0.1, -0.05) is 50.2 Å². The molecule has 0 spiro atoms. The average molecular weight is 407 g/mol. The van der Waals surface area contributed by atoms with Crippen LogP contribution >= 0.6 is 0 Å². The van der Waals surface area contributed by atoms with Gasteiger partial charge >= 0.3 is 0 Å². The number of nitrogens with zero attached hydrogens (tertiary/aromatic N) is 2. The van der Waals surface area contributed by atoms with E-state index in [4.69, 9.17) is 4.74 Å². The standard InChI is InChI=1S/C25H30N2O3/c1-17(2)20-10-8-19(9-11-20)16-27(21-12-13-21)24(28)14-15-26-22-6-4-5-7-23(22)30-18(3)25(26)29/h4-11,17-18,21H,12-16H2,1-3H3. The van der Waals surface area contributed by atoms with Gasteiger partial charge in [-0.05, 0) is 48.9 Å². The minimum atomic E-state index is -0.533. The molecule has 1 heterocycles. The van der Waals surface area contributed by atoms with E-state index in [0.717, 1.165) is 24.1 Å². The summed E-state index contributed by atoms with van der Waals surface area (Å²) >= 11 is 0. The molecular formula is C25H30N2O3. The van der Waals surface area contributed by atoms with Gasteiger partial charge in [-0.3, -0.25) is 9.59 Å². The number of fused-ring (bicyclic) bond motifs is 1. The Bertz CT molecular complexity index is 918. The highest BCUT2D eigenvalue weighted by Gasteiger charge is 2.35. The van der Waals surface area contributed by atoms with Crippen LogP contribution in [0.15, 0.2) is 48.5 Å². The molecule has 1 saturated carbocycles. The van der Waals surface area contributed by atoms with Crippen molar-refractivity contribution >= 4 is 17.5 Å². The molecule has 0 saturated heterocycles. The van der Waals surface area contributed by atoms with Crippen LogP contribution in [0.5, 0.6) is 5.75 Å². The van der Waals surface area contributed by atoms with Crippen molar-refractivity contribution in [2.45, 2.75) is 64.6 Å². The van der Waals surface area contributed by atoms with Crippen molar-refractivity contribution in [2.75, 3.05) is 11.4 Å². The normalized spacial score (nSPS) is 18.2. The average Bonchev–Trinajstić information content (AvgIpc) is 3.57. The van der Waals surface area contributed by atoms with Crippen LogP contribution in [0.4, 0.5) is 5.69 Å². The number of rotatable bonds is 7. The van der Waals surface area contributed by atoms with Gasteiger partial charge in [-0.2, -0.15) is 0 Å². The SMILES string of the molecule is CC1Oc2ccccc2N(CCC(=O)N(Cc2ccc(C(C)C)cc2)C2CC2)C1=O. The Morgan fingerprint density at radius 2 is 1.83 bits per heavy atom. The zero-order valence-electron chi connectivity index (χ0n) is 18.0. The fourth-order valence-electron chi connectivity index (χ4n) is 3.95. The number of carbonyl (C=O) groups excluding carboxylic acids is 2. The predicted molar refractivity (Wildman–Crippen MR) is 118 cm³/mol. The molecule has 2 aliphatic rings. The number of benzene rings is 2. The largest absolute Gasteiger partial charge is 0.479 e. The molecule has 1 aliphatic carbocycles. The summed E-state index contributed by atoms with van der Waals surface area (Å²) in [6.07, 6.45) is 1.90. The van der Waals surface area contributed by atoms with Gasteiger partial charge in [0.2, 0.25) is 5.91 Å². The molecule has 0 N–H and O–H groups in total. The van der Waals surface area contributed by atoms with E-state index >= 15 is 0 Å². The summed E-state index contributed by atoms with van der Waals surface area (Å²) in [5, 5.41) is 0. The minimum absolute atomic E-state index is 0.0938. The van der Waals surface area contributed by atoms with Crippen molar-refractivity contribution in [2.24, 2.45) is 0 Å². The van der Waals surface area contributed by atoms with Crippen molar-refractivity contribution in [3.05, 3.63) is 59.7 Å². The molecule has 1 aliphatic heterocycles. The Labute approximate surface area is 178 Å². The maximum atomic E-state index is 13.1. The molecular weight excluding hydrogens is 376 g/mol. The molecule has 5 nitrogen and oxygen atoms in total.